The first-order valence-corrected chi connectivity index (χ1v) is 20.4. The number of carbonyl (C=O) groups is 3. The van der Waals surface area contributed by atoms with Gasteiger partial charge in [0.15, 0.2) is 0 Å². The number of methoxy groups -OCH3 is 1. The summed E-state index contributed by atoms with van der Waals surface area (Å²) in [5.74, 6) is -0.244. The molecule has 1 aromatic carbocycles. The van der Waals surface area contributed by atoms with Crippen molar-refractivity contribution in [2.45, 2.75) is 100 Å². The maximum Gasteiger partial charge on any atom is 0.318 e. The van der Waals surface area contributed by atoms with Crippen molar-refractivity contribution in [2.75, 3.05) is 20.2 Å². The van der Waals surface area contributed by atoms with Gasteiger partial charge < -0.3 is 25.0 Å². The molecule has 4 amide bonds. The molecule has 278 valence electrons. The highest BCUT2D eigenvalue weighted by Crippen LogP contribution is 2.47. The first kappa shape index (κ1) is 36.1. The molecule has 4 atom stereocenters. The Labute approximate surface area is 308 Å². The van der Waals surface area contributed by atoms with Crippen molar-refractivity contribution in [2.24, 2.45) is 5.92 Å². The molecule has 2 aliphatic carbocycles. The van der Waals surface area contributed by atoms with Crippen molar-refractivity contribution in [1.82, 2.24) is 30.2 Å². The molecule has 0 bridgehead atoms. The number of benzene rings is 1. The Morgan fingerprint density at radius 1 is 1.13 bits per heavy atom. The number of sulfonamides is 1. The van der Waals surface area contributed by atoms with Gasteiger partial charge in [-0.2, -0.15) is 0 Å². The Kier molecular flexibility index (Phi) is 9.70. The highest BCUT2D eigenvalue weighted by Gasteiger charge is 2.63. The average molecular weight is 751 g/mol. The Morgan fingerprint density at radius 2 is 1.94 bits per heavy atom. The summed E-state index contributed by atoms with van der Waals surface area (Å²) in [4.78, 5) is 52.7. The van der Waals surface area contributed by atoms with Crippen molar-refractivity contribution >= 4 is 50.1 Å². The molecule has 4 aliphatic rings. The monoisotopic (exact) mass is 750 g/mol. The van der Waals surface area contributed by atoms with E-state index in [1.807, 2.05) is 41.8 Å². The van der Waals surface area contributed by atoms with Gasteiger partial charge >= 0.3 is 6.03 Å². The predicted octanol–water partition coefficient (Wildman–Crippen LogP) is 5.03. The second-order valence-electron chi connectivity index (χ2n) is 14.9. The molecule has 2 saturated carbocycles. The van der Waals surface area contributed by atoms with E-state index in [4.69, 9.17) is 19.4 Å². The van der Waals surface area contributed by atoms with Crippen molar-refractivity contribution in [3.05, 3.63) is 47.5 Å². The lowest BCUT2D eigenvalue weighted by Crippen LogP contribution is -2.57. The number of carbonyl (C=O) groups excluding carboxylic acids is 3. The number of rotatable bonds is 8. The first-order valence-electron chi connectivity index (χ1n) is 18.0. The Balaban J connectivity index is 1.18. The predicted molar refractivity (Wildman–Crippen MR) is 198 cm³/mol. The van der Waals surface area contributed by atoms with Crippen LogP contribution >= 0.6 is 11.3 Å². The second-order valence-corrected chi connectivity index (χ2v) is 18.0. The fraction of sp³-hybridized carbons (Fsp3) is 0.541. The van der Waals surface area contributed by atoms with Crippen molar-refractivity contribution in [3.8, 4) is 22.2 Å². The van der Waals surface area contributed by atoms with Crippen LogP contribution in [-0.2, 0) is 19.6 Å². The number of nitrogens with one attached hydrogen (secondary N) is 3. The van der Waals surface area contributed by atoms with E-state index < -0.39 is 50.3 Å². The molecule has 0 spiro atoms. The third kappa shape index (κ3) is 7.08. The van der Waals surface area contributed by atoms with Gasteiger partial charge in [0.05, 0.1) is 29.6 Å². The number of ether oxygens (including phenoxy) is 2. The van der Waals surface area contributed by atoms with Crippen molar-refractivity contribution in [3.63, 3.8) is 0 Å². The number of nitrogens with zero attached hydrogens (tertiary/aromatic N) is 3. The summed E-state index contributed by atoms with van der Waals surface area (Å²) in [6, 6.07) is 6.00. The molecule has 2 aromatic heterocycles. The summed E-state index contributed by atoms with van der Waals surface area (Å²) >= 11 is 1.50. The molecule has 1 saturated heterocycles. The van der Waals surface area contributed by atoms with Gasteiger partial charge in [0.1, 0.15) is 39.9 Å². The number of allylic oxidation sites excluding steroid dienone is 1. The number of hydrogen-bond acceptors (Lipinski definition) is 10. The van der Waals surface area contributed by atoms with Crippen LogP contribution < -0.4 is 24.8 Å². The van der Waals surface area contributed by atoms with E-state index in [1.165, 1.54) is 16.2 Å². The van der Waals surface area contributed by atoms with Gasteiger partial charge in [-0.15, -0.1) is 11.3 Å². The summed E-state index contributed by atoms with van der Waals surface area (Å²) < 4.78 is 39.6. The van der Waals surface area contributed by atoms with Crippen molar-refractivity contribution < 1.29 is 32.3 Å². The maximum atomic E-state index is 14.2. The molecule has 7 rings (SSSR count). The molecule has 2 aliphatic heterocycles. The third-order valence-corrected chi connectivity index (χ3v) is 13.8. The molecule has 3 aromatic rings. The molecule has 0 unspecified atom stereocenters. The summed E-state index contributed by atoms with van der Waals surface area (Å²) in [5.41, 5.74) is 0.802. The fourth-order valence-corrected chi connectivity index (χ4v) is 9.15. The van der Waals surface area contributed by atoms with Gasteiger partial charge in [-0.1, -0.05) is 32.4 Å². The summed E-state index contributed by atoms with van der Waals surface area (Å²) in [6.45, 7) is 6.35. The molecule has 0 radical (unpaired) electrons. The molecular formula is C37H46N6O7S2. The van der Waals surface area contributed by atoms with Gasteiger partial charge in [-0.05, 0) is 63.5 Å². The quantitative estimate of drug-likeness (QED) is 0.268. The highest BCUT2D eigenvalue weighted by atomic mass is 32.2. The lowest BCUT2D eigenvalue weighted by atomic mass is 10.1. The molecule has 13 nitrogen and oxygen atoms in total. The summed E-state index contributed by atoms with van der Waals surface area (Å²) in [5, 5.41) is 9.38. The SMILES string of the molecule is COc1ccc2c(O[C@@H]3C[C@H]4C(=O)N[C@]5(C(=O)NS(=O)(=O)C6(C)CC6)C[C@H]5/C=C\CCCCCNC(=O)N4C3)cc(-c3nc(C(C)C)cs3)nc2c1. The fourth-order valence-electron chi connectivity index (χ4n) is 6.90. The second kappa shape index (κ2) is 14.0. The van der Waals surface area contributed by atoms with Crippen LogP contribution in [0.2, 0.25) is 0 Å². The molecule has 52 heavy (non-hydrogen) atoms. The minimum absolute atomic E-state index is 0.114. The van der Waals surface area contributed by atoms with Gasteiger partial charge in [-0.3, -0.25) is 14.3 Å². The van der Waals surface area contributed by atoms with E-state index in [0.29, 0.717) is 42.1 Å². The number of hydrogen-bond donors (Lipinski definition) is 3. The van der Waals surface area contributed by atoms with Crippen LogP contribution in [0.3, 0.4) is 0 Å². The number of pyridine rings is 1. The average Bonchev–Trinajstić information content (AvgIpc) is 3.88. The Morgan fingerprint density at radius 3 is 2.67 bits per heavy atom. The van der Waals surface area contributed by atoms with Crippen LogP contribution in [0.5, 0.6) is 11.5 Å². The molecular weight excluding hydrogens is 705 g/mol. The highest BCUT2D eigenvalue weighted by molar-refractivity contribution is 7.91. The Hall–Kier alpha value is -4.24. The standard InChI is InChI=1S/C37H46N6O7S2/c1-22(2)29-21-51-33(40-29)28-18-31(26-12-11-24(49-4)16-27(26)39-28)50-25-17-30-32(44)41-37(34(45)42-52(47,48)36(3)13-14-36)19-23(37)10-8-6-5-7-9-15-38-35(46)43(30)20-25/h8,10-12,16,18,21-23,25,30H,5-7,9,13-15,17,19-20H2,1-4H3,(H,38,46)(H,41,44)(H,42,45)/b10-8-/t23-,25-,30+,37-/m1/s1. The topological polar surface area (TPSA) is 169 Å². The van der Waals surface area contributed by atoms with E-state index >= 15 is 0 Å². The Bertz CT molecular complexity index is 2030. The zero-order valence-electron chi connectivity index (χ0n) is 29.9. The number of amides is 4. The van der Waals surface area contributed by atoms with Crippen LogP contribution in [0.25, 0.3) is 21.6 Å². The number of urea groups is 1. The molecule has 3 N–H and O–H groups in total. The third-order valence-electron chi connectivity index (χ3n) is 10.7. The lowest BCUT2D eigenvalue weighted by molar-refractivity contribution is -0.131. The summed E-state index contributed by atoms with van der Waals surface area (Å²) in [6.07, 6.45) is 8.00. The van der Waals surface area contributed by atoms with E-state index in [2.05, 4.69) is 29.2 Å². The number of fused-ring (bicyclic) bond motifs is 3. The smallest absolute Gasteiger partial charge is 0.318 e. The largest absolute Gasteiger partial charge is 0.497 e. The molecule has 4 heterocycles. The van der Waals surface area contributed by atoms with E-state index in [0.717, 1.165) is 41.8 Å². The summed E-state index contributed by atoms with van der Waals surface area (Å²) in [7, 11) is -2.34. The van der Waals surface area contributed by atoms with Gasteiger partial charge in [0.25, 0.3) is 5.91 Å². The normalized spacial score (nSPS) is 26.6. The van der Waals surface area contributed by atoms with E-state index in [9.17, 15) is 22.8 Å². The van der Waals surface area contributed by atoms with Crippen LogP contribution in [0.4, 0.5) is 4.79 Å². The van der Waals surface area contributed by atoms with Crippen LogP contribution in [0.1, 0.15) is 83.7 Å². The van der Waals surface area contributed by atoms with Gasteiger partial charge in [0, 0.05) is 41.8 Å². The zero-order valence-corrected chi connectivity index (χ0v) is 31.6. The maximum absolute atomic E-state index is 14.2. The molecule has 15 heteroatoms. The number of thiazole rings is 1. The first-order chi connectivity index (χ1) is 24.8. The van der Waals surface area contributed by atoms with Crippen LogP contribution in [-0.4, -0.2) is 83.8 Å². The number of aromatic nitrogens is 2. The van der Waals surface area contributed by atoms with Crippen molar-refractivity contribution in [1.29, 1.82) is 0 Å². The van der Waals surface area contributed by atoms with Crippen LogP contribution in [0, 0.1) is 5.92 Å². The minimum atomic E-state index is -3.94. The van der Waals surface area contributed by atoms with Crippen LogP contribution in [0.15, 0.2) is 41.8 Å². The van der Waals surface area contributed by atoms with Gasteiger partial charge in [-0.25, -0.2) is 23.2 Å². The van der Waals surface area contributed by atoms with E-state index in [1.54, 1.807) is 14.0 Å². The van der Waals surface area contributed by atoms with E-state index in [-0.39, 0.29) is 31.2 Å². The minimum Gasteiger partial charge on any atom is -0.497 e. The lowest BCUT2D eigenvalue weighted by Gasteiger charge is -2.27. The van der Waals surface area contributed by atoms with Gasteiger partial charge in [0.2, 0.25) is 15.9 Å². The molecule has 3 fully saturated rings. The zero-order chi connectivity index (χ0) is 36.8.